The van der Waals surface area contributed by atoms with Crippen LogP contribution in [0.4, 0.5) is 16.3 Å². The summed E-state index contributed by atoms with van der Waals surface area (Å²) in [6.07, 6.45) is 1.65. The maximum absolute atomic E-state index is 12.9. The molecule has 3 aromatic carbocycles. The number of benzene rings is 3. The van der Waals surface area contributed by atoms with Gasteiger partial charge in [-0.15, -0.1) is 0 Å². The molecule has 1 aliphatic rings. The monoisotopic (exact) mass is 518 g/mol. The minimum absolute atomic E-state index is 0.0267. The number of hydrogen-bond donors (Lipinski definition) is 3. The Morgan fingerprint density at radius 3 is 2.41 bits per heavy atom. The molecule has 1 fully saturated rings. The number of aromatic hydroxyl groups is 1. The number of para-hydroxylation sites is 1. The Morgan fingerprint density at radius 1 is 1.00 bits per heavy atom. The minimum atomic E-state index is -0.425. The molecule has 0 spiro atoms. The summed E-state index contributed by atoms with van der Waals surface area (Å²) in [5.74, 6) is 1.85. The molecule has 2 amide bonds. The number of halogens is 1. The van der Waals surface area contributed by atoms with E-state index in [4.69, 9.17) is 26.2 Å². The highest BCUT2D eigenvalue weighted by molar-refractivity contribution is 6.32. The van der Waals surface area contributed by atoms with Gasteiger partial charge in [-0.1, -0.05) is 36.7 Å². The van der Waals surface area contributed by atoms with Gasteiger partial charge < -0.3 is 19.9 Å². The Bertz CT molecular complexity index is 1380. The van der Waals surface area contributed by atoms with E-state index in [0.29, 0.717) is 36.2 Å². The maximum Gasteiger partial charge on any atom is 0.324 e. The summed E-state index contributed by atoms with van der Waals surface area (Å²) < 4.78 is 13.0. The Balaban J connectivity index is 1.35. The topological polar surface area (TPSA) is 97.6 Å². The number of phenols is 1. The summed E-state index contributed by atoms with van der Waals surface area (Å²) in [4.78, 5) is 12.9. The van der Waals surface area contributed by atoms with E-state index in [1.807, 2.05) is 36.4 Å². The van der Waals surface area contributed by atoms with Crippen molar-refractivity contribution in [1.82, 2.24) is 9.78 Å². The number of phenolic OH excluding ortho intramolecular Hbond substituents is 1. The first-order chi connectivity index (χ1) is 17.9. The molecule has 0 saturated carbocycles. The number of ether oxygens (including phenoxy) is 2. The summed E-state index contributed by atoms with van der Waals surface area (Å²) in [5.41, 5.74) is 1.87. The van der Waals surface area contributed by atoms with Gasteiger partial charge in [-0.05, 0) is 67.4 Å². The second-order valence-electron chi connectivity index (χ2n) is 9.15. The molecule has 1 saturated heterocycles. The Hall–Kier alpha value is -4.01. The molecule has 3 N–H and O–H groups in total. The Morgan fingerprint density at radius 2 is 1.70 bits per heavy atom. The summed E-state index contributed by atoms with van der Waals surface area (Å²) in [5, 5.41) is 20.6. The molecule has 9 heteroatoms. The predicted octanol–water partition coefficient (Wildman–Crippen LogP) is 6.74. The SMILES string of the molecule is CC1(c2cc(NC(=O)Nc3ccc(Oc4ccccc4)cc3)n(-c3ccc(O)c(Cl)c3)n2)CCOCC1. The zero-order chi connectivity index (χ0) is 25.8. The third kappa shape index (κ3) is 5.71. The van der Waals surface area contributed by atoms with E-state index in [1.165, 1.54) is 6.07 Å². The molecule has 0 bridgehead atoms. The average Bonchev–Trinajstić information content (AvgIpc) is 3.32. The molecule has 4 aromatic rings. The lowest BCUT2D eigenvalue weighted by molar-refractivity contribution is 0.0549. The van der Waals surface area contributed by atoms with Gasteiger partial charge in [0.05, 0.1) is 16.4 Å². The third-order valence-electron chi connectivity index (χ3n) is 6.43. The van der Waals surface area contributed by atoms with Gasteiger partial charge in [0.25, 0.3) is 0 Å². The van der Waals surface area contributed by atoms with Crippen LogP contribution in [0.2, 0.25) is 5.02 Å². The highest BCUT2D eigenvalue weighted by atomic mass is 35.5. The van der Waals surface area contributed by atoms with Crippen LogP contribution in [0.15, 0.2) is 78.9 Å². The summed E-state index contributed by atoms with van der Waals surface area (Å²) in [7, 11) is 0. The summed E-state index contributed by atoms with van der Waals surface area (Å²) >= 11 is 6.16. The van der Waals surface area contributed by atoms with Crippen LogP contribution in [0.5, 0.6) is 17.2 Å². The molecule has 2 heterocycles. The fourth-order valence-corrected chi connectivity index (χ4v) is 4.35. The van der Waals surface area contributed by atoms with Crippen LogP contribution in [-0.4, -0.2) is 34.1 Å². The van der Waals surface area contributed by atoms with E-state index in [1.54, 1.807) is 41.1 Å². The van der Waals surface area contributed by atoms with Crippen molar-refractivity contribution >= 4 is 29.1 Å². The quantitative estimate of drug-likeness (QED) is 0.263. The normalized spacial score (nSPS) is 14.6. The number of carbonyl (C=O) groups excluding carboxylic acids is 1. The van der Waals surface area contributed by atoms with E-state index >= 15 is 0 Å². The van der Waals surface area contributed by atoms with Gasteiger partial charge in [0.1, 0.15) is 23.1 Å². The number of nitrogens with one attached hydrogen (secondary N) is 2. The fourth-order valence-electron chi connectivity index (χ4n) is 4.18. The van der Waals surface area contributed by atoms with Gasteiger partial charge in [0.15, 0.2) is 0 Å². The number of hydrogen-bond acceptors (Lipinski definition) is 5. The minimum Gasteiger partial charge on any atom is -0.506 e. The van der Waals surface area contributed by atoms with Crippen LogP contribution in [-0.2, 0) is 10.2 Å². The van der Waals surface area contributed by atoms with Crippen LogP contribution in [0, 0.1) is 0 Å². The summed E-state index contributed by atoms with van der Waals surface area (Å²) in [6.45, 7) is 3.46. The van der Waals surface area contributed by atoms with Gasteiger partial charge in [-0.25, -0.2) is 9.48 Å². The number of anilines is 2. The number of urea groups is 1. The van der Waals surface area contributed by atoms with Crippen molar-refractivity contribution in [2.45, 2.75) is 25.2 Å². The number of rotatable bonds is 6. The molecule has 1 aromatic heterocycles. The first kappa shape index (κ1) is 24.7. The zero-order valence-electron chi connectivity index (χ0n) is 20.3. The summed E-state index contributed by atoms with van der Waals surface area (Å²) in [6, 6.07) is 22.8. The lowest BCUT2D eigenvalue weighted by Crippen LogP contribution is -2.31. The van der Waals surface area contributed by atoms with Gasteiger partial charge in [-0.3, -0.25) is 5.32 Å². The fraction of sp³-hybridized carbons (Fsp3) is 0.214. The van der Waals surface area contributed by atoms with Crippen molar-refractivity contribution in [2.75, 3.05) is 23.8 Å². The number of aromatic nitrogens is 2. The highest BCUT2D eigenvalue weighted by Crippen LogP contribution is 2.36. The van der Waals surface area contributed by atoms with Gasteiger partial charge in [-0.2, -0.15) is 5.10 Å². The van der Waals surface area contributed by atoms with Crippen molar-refractivity contribution in [2.24, 2.45) is 0 Å². The van der Waals surface area contributed by atoms with Crippen LogP contribution in [0.1, 0.15) is 25.5 Å². The number of amides is 2. The first-order valence-electron chi connectivity index (χ1n) is 12.0. The molecular weight excluding hydrogens is 492 g/mol. The molecule has 0 aliphatic carbocycles. The van der Waals surface area contributed by atoms with Crippen molar-refractivity contribution < 1.29 is 19.4 Å². The van der Waals surface area contributed by atoms with Crippen LogP contribution in [0.25, 0.3) is 5.69 Å². The molecular formula is C28H27ClN4O4. The third-order valence-corrected chi connectivity index (χ3v) is 6.74. The van der Waals surface area contributed by atoms with E-state index in [-0.39, 0.29) is 16.2 Å². The molecule has 0 unspecified atom stereocenters. The zero-order valence-corrected chi connectivity index (χ0v) is 21.0. The average molecular weight is 519 g/mol. The Kier molecular flexibility index (Phi) is 7.03. The number of nitrogens with zero attached hydrogens (tertiary/aromatic N) is 2. The van der Waals surface area contributed by atoms with E-state index in [9.17, 15) is 9.90 Å². The van der Waals surface area contributed by atoms with Crippen molar-refractivity contribution in [3.05, 3.63) is 89.6 Å². The van der Waals surface area contributed by atoms with E-state index in [0.717, 1.165) is 24.3 Å². The molecule has 8 nitrogen and oxygen atoms in total. The lowest BCUT2D eigenvalue weighted by atomic mass is 9.79. The van der Waals surface area contributed by atoms with Crippen LogP contribution >= 0.6 is 11.6 Å². The van der Waals surface area contributed by atoms with Gasteiger partial charge >= 0.3 is 6.03 Å². The Labute approximate surface area is 219 Å². The predicted molar refractivity (Wildman–Crippen MR) is 143 cm³/mol. The maximum atomic E-state index is 12.9. The van der Waals surface area contributed by atoms with Crippen molar-refractivity contribution in [3.8, 4) is 22.9 Å². The van der Waals surface area contributed by atoms with E-state index in [2.05, 4.69) is 17.6 Å². The molecule has 1 aliphatic heterocycles. The largest absolute Gasteiger partial charge is 0.506 e. The van der Waals surface area contributed by atoms with Crippen molar-refractivity contribution in [3.63, 3.8) is 0 Å². The molecule has 37 heavy (non-hydrogen) atoms. The molecule has 5 rings (SSSR count). The molecule has 0 radical (unpaired) electrons. The highest BCUT2D eigenvalue weighted by Gasteiger charge is 2.33. The second-order valence-corrected chi connectivity index (χ2v) is 9.56. The van der Waals surface area contributed by atoms with Crippen LogP contribution < -0.4 is 15.4 Å². The number of carbonyl (C=O) groups is 1. The van der Waals surface area contributed by atoms with Gasteiger partial charge in [0, 0.05) is 30.4 Å². The van der Waals surface area contributed by atoms with Crippen LogP contribution in [0.3, 0.4) is 0 Å². The lowest BCUT2D eigenvalue weighted by Gasteiger charge is -2.31. The first-order valence-corrected chi connectivity index (χ1v) is 12.4. The smallest absolute Gasteiger partial charge is 0.324 e. The molecule has 190 valence electrons. The molecule has 0 atom stereocenters. The van der Waals surface area contributed by atoms with Crippen molar-refractivity contribution in [1.29, 1.82) is 0 Å². The van der Waals surface area contributed by atoms with Gasteiger partial charge in [0.2, 0.25) is 0 Å². The second kappa shape index (κ2) is 10.5. The standard InChI is InChI=1S/C28H27ClN4O4/c1-28(13-15-36-16-14-28)25-18-26(33(32-25)20-9-12-24(34)23(29)17-20)31-27(35)30-19-7-10-22(11-8-19)37-21-5-3-2-4-6-21/h2-12,17-18,34H,13-16H2,1H3,(H2,30,31,35). The van der Waals surface area contributed by atoms with E-state index < -0.39 is 6.03 Å².